The molecule has 0 radical (unpaired) electrons. The highest BCUT2D eigenvalue weighted by molar-refractivity contribution is 7.89. The Bertz CT molecular complexity index is 1800. The van der Waals surface area contributed by atoms with Crippen LogP contribution in [0.2, 0.25) is 0 Å². The molecule has 2 N–H and O–H groups in total. The molecule has 2 aliphatic rings. The van der Waals surface area contributed by atoms with Gasteiger partial charge >= 0.3 is 0 Å². The molecule has 0 unspecified atom stereocenters. The minimum atomic E-state index is -3.50. The largest absolute Gasteiger partial charge is 0.481 e. The van der Waals surface area contributed by atoms with E-state index < -0.39 is 21.9 Å². The highest BCUT2D eigenvalue weighted by atomic mass is 32.2. The fourth-order valence-electron chi connectivity index (χ4n) is 5.79. The summed E-state index contributed by atoms with van der Waals surface area (Å²) in [5.41, 5.74) is 3.27. The number of carboxylic acids is 1. The molecule has 1 amide bonds. The number of hydrogen-bond acceptors (Lipinski definition) is 9. The number of hydrogen-bond donors (Lipinski definition) is 2. The summed E-state index contributed by atoms with van der Waals surface area (Å²) in [6, 6.07) is 13.5. The van der Waals surface area contributed by atoms with Gasteiger partial charge in [-0.2, -0.15) is 4.31 Å². The highest BCUT2D eigenvalue weighted by Crippen LogP contribution is 2.33. The Labute approximate surface area is 318 Å². The van der Waals surface area contributed by atoms with Gasteiger partial charge in [0.2, 0.25) is 16.4 Å². The number of fused-ring (bicyclic) bond motifs is 1. The van der Waals surface area contributed by atoms with E-state index in [4.69, 9.17) is 9.90 Å². The summed E-state index contributed by atoms with van der Waals surface area (Å²) in [5, 5.41) is 9.89. The fourth-order valence-corrected chi connectivity index (χ4v) is 7.22. The molecule has 15 heteroatoms. The van der Waals surface area contributed by atoms with Crippen LogP contribution in [0.25, 0.3) is 11.2 Å². The minimum absolute atomic E-state index is 0.0138. The SMILES string of the molecule is CC.CC.CC(=O)O.CCC(F)(F)c1ccc(CNC=O)cc1.O=S(=O)(c1ccc(C2CCCCC2)cc1)N1CCN(c2cnc3cncnc3n2)CC1. The van der Waals surface area contributed by atoms with Gasteiger partial charge in [0.1, 0.15) is 17.7 Å². The summed E-state index contributed by atoms with van der Waals surface area (Å²) in [7, 11) is -3.50. The van der Waals surface area contributed by atoms with E-state index in [-0.39, 0.29) is 12.0 Å². The zero-order valence-corrected chi connectivity index (χ0v) is 33.0. The lowest BCUT2D eigenvalue weighted by Crippen LogP contribution is -2.49. The van der Waals surface area contributed by atoms with Crippen molar-refractivity contribution in [2.45, 2.75) is 103 Å². The van der Waals surface area contributed by atoms with E-state index in [1.807, 2.05) is 44.7 Å². The van der Waals surface area contributed by atoms with Gasteiger partial charge in [0, 0.05) is 51.6 Å². The maximum atomic E-state index is 13.2. The molecule has 1 saturated heterocycles. The molecule has 0 atom stereocenters. The summed E-state index contributed by atoms with van der Waals surface area (Å²) in [4.78, 5) is 38.5. The van der Waals surface area contributed by atoms with E-state index in [2.05, 4.69) is 25.3 Å². The van der Waals surface area contributed by atoms with E-state index in [0.29, 0.717) is 66.9 Å². The van der Waals surface area contributed by atoms with Crippen molar-refractivity contribution in [3.8, 4) is 0 Å². The van der Waals surface area contributed by atoms with E-state index in [0.717, 1.165) is 12.5 Å². The Hall–Kier alpha value is -4.63. The first-order valence-electron chi connectivity index (χ1n) is 18.6. The zero-order valence-electron chi connectivity index (χ0n) is 32.2. The van der Waals surface area contributed by atoms with Gasteiger partial charge in [-0.05, 0) is 42.0 Å². The normalized spacial score (nSPS) is 14.7. The Morgan fingerprint density at radius 3 is 2.07 bits per heavy atom. The van der Waals surface area contributed by atoms with Crippen LogP contribution in [-0.2, 0) is 32.1 Å². The number of piperazine rings is 1. The number of benzene rings is 2. The van der Waals surface area contributed by atoms with Crippen LogP contribution >= 0.6 is 0 Å². The Balaban J connectivity index is 0.000000368. The van der Waals surface area contributed by atoms with Gasteiger partial charge in [-0.1, -0.05) is 90.3 Å². The number of nitrogens with zero attached hydrogens (tertiary/aromatic N) is 6. The number of carbonyl (C=O) groups excluding carboxylic acids is 1. The lowest BCUT2D eigenvalue weighted by molar-refractivity contribution is -0.134. The van der Waals surface area contributed by atoms with Crippen LogP contribution in [0.3, 0.4) is 0 Å². The number of carbonyl (C=O) groups is 2. The fraction of sp³-hybridized carbons (Fsp3) is 0.487. The average molecular weight is 772 g/mol. The molecule has 0 spiro atoms. The second-order valence-electron chi connectivity index (χ2n) is 12.0. The standard InChI is InChI=1S/C22H26N6O2S.C11H13F2NO.C2H4O2.2C2H6/c29-31(30,19-8-6-18(7-9-19)17-4-2-1-3-5-17)28-12-10-27(11-13-28)21-15-24-20-14-23-16-25-22(20)26-21;1-2-11(12,13)10-5-3-9(4-6-10)7-14-8-15;1-2(3)4;2*1-2/h6-9,14-17H,1-5,10-13H2;3-6,8H,2,7H2,1H3,(H,14,15);1H3,(H,3,4);2*1-2H3. The third-order valence-electron chi connectivity index (χ3n) is 8.58. The van der Waals surface area contributed by atoms with Crippen LogP contribution in [0, 0.1) is 0 Å². The molecule has 0 bridgehead atoms. The second-order valence-corrected chi connectivity index (χ2v) is 14.0. The lowest BCUT2D eigenvalue weighted by atomic mass is 9.84. The van der Waals surface area contributed by atoms with E-state index >= 15 is 0 Å². The van der Waals surface area contributed by atoms with E-state index in [1.165, 1.54) is 63.1 Å². The van der Waals surface area contributed by atoms with Crippen molar-refractivity contribution in [3.63, 3.8) is 0 Å². The van der Waals surface area contributed by atoms with E-state index in [1.54, 1.807) is 41.0 Å². The monoisotopic (exact) mass is 771 g/mol. The number of halogens is 2. The van der Waals surface area contributed by atoms with Gasteiger partial charge in [0.05, 0.1) is 17.3 Å². The number of nitrogens with one attached hydrogen (secondary N) is 1. The van der Waals surface area contributed by atoms with Crippen LogP contribution < -0.4 is 10.2 Å². The number of carboxylic acid groups (broad SMARTS) is 1. The molecule has 3 heterocycles. The summed E-state index contributed by atoms with van der Waals surface area (Å²) in [6.07, 6.45) is 11.4. The lowest BCUT2D eigenvalue weighted by Gasteiger charge is -2.34. The van der Waals surface area contributed by atoms with Crippen LogP contribution in [-0.4, -0.2) is 76.3 Å². The number of aliphatic carboxylic acids is 1. The van der Waals surface area contributed by atoms with Crippen molar-refractivity contribution >= 4 is 39.4 Å². The van der Waals surface area contributed by atoms with Gasteiger partial charge in [0.25, 0.3) is 11.9 Å². The van der Waals surface area contributed by atoms with Crippen molar-refractivity contribution in [2.24, 2.45) is 0 Å². The first-order chi connectivity index (χ1) is 25.9. The van der Waals surface area contributed by atoms with E-state index in [9.17, 15) is 22.0 Å². The first kappa shape index (κ1) is 45.5. The van der Waals surface area contributed by atoms with Crippen LogP contribution in [0.1, 0.15) is 103 Å². The number of rotatable bonds is 9. The minimum Gasteiger partial charge on any atom is -0.481 e. The molecule has 2 aromatic carbocycles. The summed E-state index contributed by atoms with van der Waals surface area (Å²) >= 11 is 0. The van der Waals surface area contributed by atoms with Crippen molar-refractivity contribution in [1.29, 1.82) is 0 Å². The number of alkyl halides is 2. The molecular formula is C39H55F2N7O5S. The molecular weight excluding hydrogens is 717 g/mol. The predicted molar refractivity (Wildman–Crippen MR) is 208 cm³/mol. The van der Waals surface area contributed by atoms with Gasteiger partial charge in [-0.15, -0.1) is 0 Å². The summed E-state index contributed by atoms with van der Waals surface area (Å²) < 4.78 is 54.3. The second kappa shape index (κ2) is 23.2. The third kappa shape index (κ3) is 13.7. The maximum absolute atomic E-state index is 13.2. The number of anilines is 1. The molecule has 6 rings (SSSR count). The number of sulfonamides is 1. The Morgan fingerprint density at radius 1 is 0.926 bits per heavy atom. The van der Waals surface area contributed by atoms with Crippen LogP contribution in [0.15, 0.2) is 72.1 Å². The van der Waals surface area contributed by atoms with Crippen molar-refractivity contribution in [2.75, 3.05) is 31.1 Å². The number of aromatic nitrogens is 4. The Kier molecular flexibility index (Phi) is 19.6. The molecule has 4 aromatic rings. The molecule has 1 aliphatic heterocycles. The van der Waals surface area contributed by atoms with Crippen LogP contribution in [0.4, 0.5) is 14.6 Å². The van der Waals surface area contributed by atoms with Crippen molar-refractivity contribution in [1.82, 2.24) is 29.6 Å². The van der Waals surface area contributed by atoms with Gasteiger partial charge in [-0.25, -0.2) is 37.1 Å². The van der Waals surface area contributed by atoms with Crippen molar-refractivity contribution < 1.29 is 31.9 Å². The van der Waals surface area contributed by atoms with Gasteiger partial charge in [-0.3, -0.25) is 9.59 Å². The topological polar surface area (TPSA) is 159 Å². The molecule has 1 aliphatic carbocycles. The number of amides is 1. The van der Waals surface area contributed by atoms with Gasteiger partial charge < -0.3 is 15.3 Å². The van der Waals surface area contributed by atoms with Gasteiger partial charge in [0.15, 0.2) is 5.65 Å². The van der Waals surface area contributed by atoms with Crippen molar-refractivity contribution in [3.05, 3.63) is 83.9 Å². The highest BCUT2D eigenvalue weighted by Gasteiger charge is 2.30. The molecule has 1 saturated carbocycles. The summed E-state index contributed by atoms with van der Waals surface area (Å²) in [6.45, 7) is 12.8. The molecule has 54 heavy (non-hydrogen) atoms. The molecule has 2 aromatic heterocycles. The Morgan fingerprint density at radius 2 is 1.52 bits per heavy atom. The average Bonchev–Trinajstić information content (AvgIpc) is 3.22. The third-order valence-corrected chi connectivity index (χ3v) is 10.5. The molecule has 2 fully saturated rings. The quantitative estimate of drug-likeness (QED) is 0.163. The maximum Gasteiger partial charge on any atom is 0.300 e. The first-order valence-corrected chi connectivity index (χ1v) is 20.0. The molecule has 296 valence electrons. The molecule has 12 nitrogen and oxygen atoms in total. The predicted octanol–water partition coefficient (Wildman–Crippen LogP) is 7.56. The summed E-state index contributed by atoms with van der Waals surface area (Å²) in [5.74, 6) is -2.32. The smallest absolute Gasteiger partial charge is 0.300 e. The zero-order chi connectivity index (χ0) is 40.1. The van der Waals surface area contributed by atoms with Crippen LogP contribution in [0.5, 0.6) is 0 Å².